The molecule has 0 radical (unpaired) electrons. The summed E-state index contributed by atoms with van der Waals surface area (Å²) in [6, 6.07) is 9.75. The third-order valence-electron chi connectivity index (χ3n) is 4.76. The lowest BCUT2D eigenvalue weighted by Crippen LogP contribution is -2.31. The molecule has 0 saturated carbocycles. The zero-order chi connectivity index (χ0) is 20.5. The Balaban J connectivity index is 1.64. The summed E-state index contributed by atoms with van der Waals surface area (Å²) in [5.41, 5.74) is 1.08. The first-order valence-electron chi connectivity index (χ1n) is 9.64. The van der Waals surface area contributed by atoms with Crippen LogP contribution < -0.4 is 15.9 Å². The average molecular weight is 393 g/mol. The van der Waals surface area contributed by atoms with Crippen molar-refractivity contribution in [1.29, 1.82) is 0 Å². The van der Waals surface area contributed by atoms with Gasteiger partial charge in [-0.05, 0) is 25.0 Å². The molecule has 0 unspecified atom stereocenters. The Morgan fingerprint density at radius 1 is 1.28 bits per heavy atom. The first-order chi connectivity index (χ1) is 13.9. The number of hydrogen-bond acceptors (Lipinski definition) is 6. The molecule has 29 heavy (non-hydrogen) atoms. The Labute approximate surface area is 167 Å². The number of furan rings is 1. The van der Waals surface area contributed by atoms with Crippen molar-refractivity contribution < 1.29 is 9.21 Å². The summed E-state index contributed by atoms with van der Waals surface area (Å²) in [5.74, 6) is 0.784. The molecule has 150 valence electrons. The third kappa shape index (κ3) is 3.65. The second-order valence-corrected chi connectivity index (χ2v) is 7.52. The molecule has 1 amide bonds. The van der Waals surface area contributed by atoms with Crippen LogP contribution in [0.25, 0.3) is 11.1 Å². The monoisotopic (exact) mass is 393 g/mol. The highest BCUT2D eigenvalue weighted by molar-refractivity contribution is 6.13. The number of fused-ring (bicyclic) bond motifs is 1. The van der Waals surface area contributed by atoms with Gasteiger partial charge in [0.2, 0.25) is 5.71 Å². The molecule has 4 rings (SSSR count). The summed E-state index contributed by atoms with van der Waals surface area (Å²) in [7, 11) is 0. The molecule has 0 saturated heterocycles. The van der Waals surface area contributed by atoms with Crippen LogP contribution in [0.5, 0.6) is 0 Å². The highest BCUT2D eigenvalue weighted by atomic mass is 16.3. The Bertz CT molecular complexity index is 1140. The molecule has 1 aliphatic heterocycles. The number of benzene rings is 1. The third-order valence-corrected chi connectivity index (χ3v) is 4.76. The van der Waals surface area contributed by atoms with Crippen LogP contribution in [0.15, 0.2) is 51.0 Å². The Morgan fingerprint density at radius 2 is 2.03 bits per heavy atom. The first kappa shape index (κ1) is 18.9. The molecular formula is C21H23N5O3. The molecule has 0 spiro atoms. The van der Waals surface area contributed by atoms with Crippen molar-refractivity contribution in [3.63, 3.8) is 0 Å². The van der Waals surface area contributed by atoms with Crippen molar-refractivity contribution in [2.24, 2.45) is 11.0 Å². The second-order valence-electron chi connectivity index (χ2n) is 7.52. The molecule has 0 atom stereocenters. The van der Waals surface area contributed by atoms with E-state index in [1.54, 1.807) is 6.92 Å². The predicted octanol–water partition coefficient (Wildman–Crippen LogP) is 2.91. The maximum absolute atomic E-state index is 13.0. The van der Waals surface area contributed by atoms with E-state index in [-0.39, 0.29) is 28.1 Å². The number of nitrogens with one attached hydrogen (secondary N) is 1. The molecule has 3 heterocycles. The van der Waals surface area contributed by atoms with Crippen molar-refractivity contribution in [2.75, 3.05) is 11.6 Å². The fraction of sp³-hybridized carbons (Fsp3) is 0.333. The Morgan fingerprint density at radius 3 is 2.76 bits per heavy atom. The van der Waals surface area contributed by atoms with Crippen molar-refractivity contribution in [2.45, 2.75) is 33.7 Å². The number of hydrogen-bond donors (Lipinski definition) is 1. The number of amidine groups is 1. The summed E-state index contributed by atoms with van der Waals surface area (Å²) in [5, 5.41) is 9.37. The quantitative estimate of drug-likeness (QED) is 0.736. The number of anilines is 1. The average Bonchev–Trinajstić information content (AvgIpc) is 3.28. The molecule has 1 N–H and O–H groups in total. The summed E-state index contributed by atoms with van der Waals surface area (Å²) < 4.78 is 7.10. The number of para-hydroxylation sites is 1. The molecule has 0 bridgehead atoms. The highest BCUT2D eigenvalue weighted by Crippen LogP contribution is 2.22. The number of aromatic nitrogens is 2. The number of aryl methyl sites for hydroxylation is 1. The van der Waals surface area contributed by atoms with Crippen LogP contribution in [0.2, 0.25) is 0 Å². The van der Waals surface area contributed by atoms with E-state index in [0.717, 1.165) is 5.69 Å². The Kier molecular flexibility index (Phi) is 4.92. The minimum Gasteiger partial charge on any atom is -0.442 e. The normalized spacial score (nSPS) is 13.9. The van der Waals surface area contributed by atoms with Gasteiger partial charge < -0.3 is 9.73 Å². The van der Waals surface area contributed by atoms with E-state index in [4.69, 9.17) is 4.42 Å². The fourth-order valence-electron chi connectivity index (χ4n) is 3.46. The highest BCUT2D eigenvalue weighted by Gasteiger charge is 2.25. The number of carbonyl (C=O) groups excluding carboxylic acids is 1. The molecule has 2 aromatic heterocycles. The number of hydrazone groups is 1. The van der Waals surface area contributed by atoms with Crippen molar-refractivity contribution in [3.05, 3.63) is 58.3 Å². The lowest BCUT2D eigenvalue weighted by molar-refractivity contribution is 0.0976. The van der Waals surface area contributed by atoms with Crippen LogP contribution in [-0.2, 0) is 6.54 Å². The van der Waals surface area contributed by atoms with E-state index in [1.807, 2.05) is 49.2 Å². The molecule has 1 aromatic carbocycles. The topological polar surface area (TPSA) is 92.7 Å². The lowest BCUT2D eigenvalue weighted by Gasteiger charge is -2.12. The van der Waals surface area contributed by atoms with Crippen LogP contribution in [0.1, 0.15) is 36.4 Å². The molecule has 0 fully saturated rings. The predicted molar refractivity (Wildman–Crippen MR) is 111 cm³/mol. The molecule has 0 aliphatic carbocycles. The minimum absolute atomic E-state index is 0.178. The lowest BCUT2D eigenvalue weighted by atomic mass is 10.1. The van der Waals surface area contributed by atoms with E-state index in [2.05, 4.69) is 15.4 Å². The molecule has 1 aliphatic rings. The smallest absolute Gasteiger partial charge is 0.265 e. The van der Waals surface area contributed by atoms with Crippen LogP contribution >= 0.6 is 0 Å². The van der Waals surface area contributed by atoms with Crippen molar-refractivity contribution >= 4 is 28.5 Å². The van der Waals surface area contributed by atoms with Gasteiger partial charge >= 0.3 is 0 Å². The number of amides is 1. The zero-order valence-electron chi connectivity index (χ0n) is 16.7. The molecule has 8 nitrogen and oxygen atoms in total. The van der Waals surface area contributed by atoms with Crippen LogP contribution in [0, 0.1) is 12.8 Å². The standard InChI is InChI=1S/C21H23N5O3/c1-13(2)11-25-12-22-20-18(21(25)28)17(14(3)29-20)19(27)23-16-9-10-26(24-16)15-7-5-4-6-8-15/h4-8,12-13H,9-11H2,1-3H3,(H,23,24,27). The van der Waals surface area contributed by atoms with Gasteiger partial charge in [0.1, 0.15) is 23.3 Å². The molecule has 3 aromatic rings. The number of carbonyl (C=O) groups is 1. The summed E-state index contributed by atoms with van der Waals surface area (Å²) in [4.78, 5) is 30.1. The summed E-state index contributed by atoms with van der Waals surface area (Å²) >= 11 is 0. The minimum atomic E-state index is -0.406. The van der Waals surface area contributed by atoms with Crippen LogP contribution in [0.3, 0.4) is 0 Å². The van der Waals surface area contributed by atoms with Gasteiger partial charge in [0.05, 0.1) is 11.3 Å². The zero-order valence-corrected chi connectivity index (χ0v) is 16.7. The molecular weight excluding hydrogens is 370 g/mol. The van der Waals surface area contributed by atoms with Gasteiger partial charge in [-0.15, -0.1) is 0 Å². The van der Waals surface area contributed by atoms with E-state index >= 15 is 0 Å². The van der Waals surface area contributed by atoms with Gasteiger partial charge in [0, 0.05) is 19.5 Å². The van der Waals surface area contributed by atoms with Gasteiger partial charge in [-0.25, -0.2) is 4.98 Å². The van der Waals surface area contributed by atoms with E-state index < -0.39 is 5.91 Å². The number of rotatable bonds is 4. The second kappa shape index (κ2) is 7.54. The van der Waals surface area contributed by atoms with Gasteiger partial charge in [0.15, 0.2) is 0 Å². The summed E-state index contributed by atoms with van der Waals surface area (Å²) in [6.07, 6.45) is 2.07. The van der Waals surface area contributed by atoms with Crippen LogP contribution in [0.4, 0.5) is 5.69 Å². The molecule has 8 heteroatoms. The largest absolute Gasteiger partial charge is 0.442 e. The van der Waals surface area contributed by atoms with Gasteiger partial charge in [-0.1, -0.05) is 32.0 Å². The van der Waals surface area contributed by atoms with Crippen molar-refractivity contribution in [3.8, 4) is 0 Å². The Hall–Kier alpha value is -3.42. The van der Waals surface area contributed by atoms with Gasteiger partial charge in [0.25, 0.3) is 11.5 Å². The van der Waals surface area contributed by atoms with E-state index in [1.165, 1.54) is 10.9 Å². The SMILES string of the molecule is Cc1oc2ncn(CC(C)C)c(=O)c2c1C(=O)NC1=NN(c2ccccc2)CC1. The summed E-state index contributed by atoms with van der Waals surface area (Å²) in [6.45, 7) is 6.89. The maximum Gasteiger partial charge on any atom is 0.265 e. The van der Waals surface area contributed by atoms with Crippen LogP contribution in [-0.4, -0.2) is 27.8 Å². The van der Waals surface area contributed by atoms with Gasteiger partial charge in [-0.3, -0.25) is 19.2 Å². The maximum atomic E-state index is 13.0. The first-order valence-corrected chi connectivity index (χ1v) is 9.64. The van der Waals surface area contributed by atoms with E-state index in [0.29, 0.717) is 31.1 Å². The van der Waals surface area contributed by atoms with Gasteiger partial charge in [-0.2, -0.15) is 5.10 Å². The fourth-order valence-corrected chi connectivity index (χ4v) is 3.46. The number of nitrogens with zero attached hydrogens (tertiary/aromatic N) is 4. The van der Waals surface area contributed by atoms with Crippen molar-refractivity contribution in [1.82, 2.24) is 14.9 Å². The van der Waals surface area contributed by atoms with E-state index in [9.17, 15) is 9.59 Å².